The van der Waals surface area contributed by atoms with Gasteiger partial charge in [0.25, 0.3) is 0 Å². The number of urea groups is 1. The van der Waals surface area contributed by atoms with Crippen molar-refractivity contribution in [1.29, 1.82) is 0 Å². The Morgan fingerprint density at radius 3 is 2.62 bits per heavy atom. The first-order chi connectivity index (χ1) is 11.6. The molecule has 3 rings (SSSR count). The SMILES string of the molecule is C[C@@H]1C[C@H]2CCCC[C@H]2N1C(=O)NCCCCN1CCN(C)CC1. The van der Waals surface area contributed by atoms with Gasteiger partial charge in [-0.2, -0.15) is 0 Å². The van der Waals surface area contributed by atoms with Crippen LogP contribution in [-0.2, 0) is 0 Å². The molecule has 5 heteroatoms. The van der Waals surface area contributed by atoms with Crippen LogP contribution < -0.4 is 5.32 Å². The molecular formula is C19H36N4O. The van der Waals surface area contributed by atoms with E-state index in [1.165, 1.54) is 71.2 Å². The Morgan fingerprint density at radius 1 is 1.08 bits per heavy atom. The minimum Gasteiger partial charge on any atom is -0.338 e. The van der Waals surface area contributed by atoms with E-state index in [-0.39, 0.29) is 6.03 Å². The molecule has 5 nitrogen and oxygen atoms in total. The van der Waals surface area contributed by atoms with Crippen LogP contribution >= 0.6 is 0 Å². The average Bonchev–Trinajstić information content (AvgIpc) is 2.92. The smallest absolute Gasteiger partial charge is 0.317 e. The predicted octanol–water partition coefficient (Wildman–Crippen LogP) is 2.38. The zero-order valence-corrected chi connectivity index (χ0v) is 15.7. The van der Waals surface area contributed by atoms with Gasteiger partial charge in [-0.1, -0.05) is 12.8 Å². The van der Waals surface area contributed by atoms with E-state index in [0.717, 1.165) is 18.9 Å². The topological polar surface area (TPSA) is 38.8 Å². The van der Waals surface area contributed by atoms with Crippen LogP contribution in [0.3, 0.4) is 0 Å². The van der Waals surface area contributed by atoms with Gasteiger partial charge in [0.05, 0.1) is 0 Å². The average molecular weight is 337 g/mol. The van der Waals surface area contributed by atoms with E-state index < -0.39 is 0 Å². The molecular weight excluding hydrogens is 300 g/mol. The van der Waals surface area contributed by atoms with Crippen molar-refractivity contribution >= 4 is 6.03 Å². The van der Waals surface area contributed by atoms with E-state index in [0.29, 0.717) is 12.1 Å². The molecule has 1 saturated carbocycles. The van der Waals surface area contributed by atoms with Crippen molar-refractivity contribution < 1.29 is 4.79 Å². The molecule has 0 bridgehead atoms. The Hall–Kier alpha value is -0.810. The first-order valence-corrected chi connectivity index (χ1v) is 10.1. The third-order valence-electron chi connectivity index (χ3n) is 6.35. The van der Waals surface area contributed by atoms with Crippen molar-refractivity contribution in [1.82, 2.24) is 20.0 Å². The highest BCUT2D eigenvalue weighted by Crippen LogP contribution is 2.39. The lowest BCUT2D eigenvalue weighted by Gasteiger charge is -2.33. The largest absolute Gasteiger partial charge is 0.338 e. The Kier molecular flexibility index (Phi) is 6.39. The summed E-state index contributed by atoms with van der Waals surface area (Å²) in [6.45, 7) is 8.99. The first kappa shape index (κ1) is 18.0. The molecule has 138 valence electrons. The Morgan fingerprint density at radius 2 is 1.83 bits per heavy atom. The van der Waals surface area contributed by atoms with E-state index in [4.69, 9.17) is 0 Å². The van der Waals surface area contributed by atoms with Crippen LogP contribution in [0, 0.1) is 5.92 Å². The first-order valence-electron chi connectivity index (χ1n) is 10.1. The van der Waals surface area contributed by atoms with Crippen LogP contribution in [0.25, 0.3) is 0 Å². The fourth-order valence-corrected chi connectivity index (χ4v) is 4.88. The number of unbranched alkanes of at least 4 members (excludes halogenated alkanes) is 1. The van der Waals surface area contributed by atoms with Gasteiger partial charge >= 0.3 is 6.03 Å². The number of likely N-dealkylation sites (N-methyl/N-ethyl adjacent to an activating group) is 1. The number of nitrogens with zero attached hydrogens (tertiary/aromatic N) is 3. The molecule has 0 aromatic rings. The van der Waals surface area contributed by atoms with Gasteiger partial charge in [0.15, 0.2) is 0 Å². The Balaban J connectivity index is 1.32. The van der Waals surface area contributed by atoms with Gasteiger partial charge in [0.1, 0.15) is 0 Å². The third-order valence-corrected chi connectivity index (χ3v) is 6.35. The standard InChI is InChI=1S/C19H36N4O/c1-16-15-17-7-3-4-8-18(17)23(16)19(24)20-9-5-6-10-22-13-11-21(2)12-14-22/h16-18H,3-15H2,1-2H3,(H,20,24)/t16-,17-,18-/m1/s1. The molecule has 2 aliphatic heterocycles. The lowest BCUT2D eigenvalue weighted by molar-refractivity contribution is 0.150. The van der Waals surface area contributed by atoms with E-state index in [1.54, 1.807) is 0 Å². The molecule has 1 N–H and O–H groups in total. The van der Waals surface area contributed by atoms with E-state index >= 15 is 0 Å². The molecule has 0 spiro atoms. The monoisotopic (exact) mass is 336 g/mol. The molecule has 3 atom stereocenters. The number of carbonyl (C=O) groups excluding carboxylic acids is 1. The number of rotatable bonds is 5. The lowest BCUT2D eigenvalue weighted by atomic mass is 9.85. The zero-order chi connectivity index (χ0) is 16.9. The summed E-state index contributed by atoms with van der Waals surface area (Å²) < 4.78 is 0. The molecule has 0 aromatic carbocycles. The highest BCUT2D eigenvalue weighted by molar-refractivity contribution is 5.75. The van der Waals surface area contributed by atoms with Gasteiger partial charge in [-0.05, 0) is 58.5 Å². The molecule has 2 heterocycles. The van der Waals surface area contributed by atoms with Gasteiger partial charge in [0.2, 0.25) is 0 Å². The number of fused-ring (bicyclic) bond motifs is 1. The summed E-state index contributed by atoms with van der Waals surface area (Å²) in [6, 6.07) is 1.12. The second-order valence-electron chi connectivity index (χ2n) is 8.19. The summed E-state index contributed by atoms with van der Waals surface area (Å²) in [4.78, 5) is 19.7. The normalized spacial score (nSPS) is 31.9. The molecule has 3 aliphatic rings. The maximum Gasteiger partial charge on any atom is 0.317 e. The van der Waals surface area contributed by atoms with Crippen LogP contribution in [0.1, 0.15) is 51.9 Å². The molecule has 0 aromatic heterocycles. The van der Waals surface area contributed by atoms with Gasteiger partial charge in [0, 0.05) is 44.8 Å². The summed E-state index contributed by atoms with van der Waals surface area (Å²) in [5.74, 6) is 0.761. The number of hydrogen-bond acceptors (Lipinski definition) is 3. The molecule has 3 fully saturated rings. The van der Waals surface area contributed by atoms with Crippen molar-refractivity contribution in [3.8, 4) is 0 Å². The van der Waals surface area contributed by atoms with Gasteiger partial charge in [-0.25, -0.2) is 4.79 Å². The van der Waals surface area contributed by atoms with Crippen molar-refractivity contribution in [2.75, 3.05) is 46.3 Å². The minimum absolute atomic E-state index is 0.191. The maximum absolute atomic E-state index is 12.6. The summed E-state index contributed by atoms with van der Waals surface area (Å²) in [5.41, 5.74) is 0. The predicted molar refractivity (Wildman–Crippen MR) is 98.2 cm³/mol. The Bertz CT molecular complexity index is 408. The Labute approximate surface area is 147 Å². The summed E-state index contributed by atoms with van der Waals surface area (Å²) in [7, 11) is 2.20. The summed E-state index contributed by atoms with van der Waals surface area (Å²) >= 11 is 0. The van der Waals surface area contributed by atoms with Gasteiger partial charge in [-0.15, -0.1) is 0 Å². The molecule has 2 amide bonds. The number of hydrogen-bond donors (Lipinski definition) is 1. The number of carbonyl (C=O) groups is 1. The van der Waals surface area contributed by atoms with Crippen LogP contribution in [0.4, 0.5) is 4.79 Å². The van der Waals surface area contributed by atoms with E-state index in [1.807, 2.05) is 0 Å². The fraction of sp³-hybridized carbons (Fsp3) is 0.947. The highest BCUT2D eigenvalue weighted by atomic mass is 16.2. The second kappa shape index (κ2) is 8.52. The molecule has 2 saturated heterocycles. The number of amides is 2. The van der Waals surface area contributed by atoms with Gasteiger partial charge in [-0.3, -0.25) is 0 Å². The van der Waals surface area contributed by atoms with Crippen molar-refractivity contribution in [2.45, 2.75) is 64.0 Å². The quantitative estimate of drug-likeness (QED) is 0.784. The van der Waals surface area contributed by atoms with Gasteiger partial charge < -0.3 is 20.0 Å². The van der Waals surface area contributed by atoms with Crippen LogP contribution in [0.15, 0.2) is 0 Å². The highest BCUT2D eigenvalue weighted by Gasteiger charge is 2.42. The second-order valence-corrected chi connectivity index (χ2v) is 8.19. The van der Waals surface area contributed by atoms with Crippen molar-refractivity contribution in [3.63, 3.8) is 0 Å². The molecule has 24 heavy (non-hydrogen) atoms. The van der Waals surface area contributed by atoms with Crippen LogP contribution in [-0.4, -0.2) is 79.1 Å². The molecule has 1 aliphatic carbocycles. The van der Waals surface area contributed by atoms with Crippen LogP contribution in [0.5, 0.6) is 0 Å². The van der Waals surface area contributed by atoms with E-state index in [9.17, 15) is 4.79 Å². The number of piperazine rings is 1. The third kappa shape index (κ3) is 4.42. The minimum atomic E-state index is 0.191. The summed E-state index contributed by atoms with van der Waals surface area (Å²) in [6.07, 6.45) is 8.68. The number of nitrogens with one attached hydrogen (secondary N) is 1. The number of likely N-dealkylation sites (tertiary alicyclic amines) is 1. The van der Waals surface area contributed by atoms with Crippen LogP contribution in [0.2, 0.25) is 0 Å². The van der Waals surface area contributed by atoms with Crippen molar-refractivity contribution in [2.24, 2.45) is 5.92 Å². The zero-order valence-electron chi connectivity index (χ0n) is 15.7. The van der Waals surface area contributed by atoms with E-state index in [2.05, 4.69) is 34.0 Å². The van der Waals surface area contributed by atoms with Crippen molar-refractivity contribution in [3.05, 3.63) is 0 Å². The molecule has 0 unspecified atom stereocenters. The summed E-state index contributed by atoms with van der Waals surface area (Å²) in [5, 5.41) is 3.19. The maximum atomic E-state index is 12.6. The fourth-order valence-electron chi connectivity index (χ4n) is 4.88. The lowest BCUT2D eigenvalue weighted by Crippen LogP contribution is -2.48. The molecule has 0 radical (unpaired) electrons.